The molecule has 1 aliphatic heterocycles. The zero-order valence-electron chi connectivity index (χ0n) is 22.1. The Labute approximate surface area is 230 Å². The van der Waals surface area contributed by atoms with Gasteiger partial charge in [0.25, 0.3) is 5.91 Å². The molecule has 1 aromatic heterocycles. The monoisotopic (exact) mass is 559 g/mol. The van der Waals surface area contributed by atoms with Crippen molar-refractivity contribution in [1.29, 1.82) is 0 Å². The molecule has 2 aromatic rings. The number of aliphatic hydroxyl groups excluding tert-OH is 2. The molecule has 1 saturated heterocycles. The third kappa shape index (κ3) is 8.61. The second-order valence-electron chi connectivity index (χ2n) is 8.90. The highest BCUT2D eigenvalue weighted by molar-refractivity contribution is 5.96. The number of amides is 3. The molecule has 1 fully saturated rings. The molecular weight excluding hydrogens is 526 g/mol. The average molecular weight is 560 g/mol. The second-order valence-corrected chi connectivity index (χ2v) is 8.90. The maximum Gasteiger partial charge on any atom is 0.409 e. The van der Waals surface area contributed by atoms with Crippen molar-refractivity contribution in [3.05, 3.63) is 42.1 Å². The molecule has 0 unspecified atom stereocenters. The maximum absolute atomic E-state index is 13.3. The number of aromatic nitrogens is 2. The van der Waals surface area contributed by atoms with Gasteiger partial charge in [0.05, 0.1) is 13.2 Å². The fourth-order valence-corrected chi connectivity index (χ4v) is 3.87. The van der Waals surface area contributed by atoms with Crippen LogP contribution in [0.25, 0.3) is 11.4 Å². The van der Waals surface area contributed by atoms with Crippen LogP contribution in [0.4, 0.5) is 4.79 Å². The number of benzene rings is 1. The largest absolute Gasteiger partial charge is 0.481 e. The van der Waals surface area contributed by atoms with E-state index >= 15 is 0 Å². The molecule has 1 aliphatic rings. The third-order valence-corrected chi connectivity index (χ3v) is 5.97. The minimum absolute atomic E-state index is 0.0463. The number of aliphatic carboxylic acids is 1. The lowest BCUT2D eigenvalue weighted by atomic mass is 10.1. The topological polar surface area (TPSA) is 192 Å². The summed E-state index contributed by atoms with van der Waals surface area (Å²) < 4.78 is 10.4. The Hall–Kier alpha value is -4.30. The van der Waals surface area contributed by atoms with Crippen molar-refractivity contribution in [2.75, 3.05) is 46.0 Å². The van der Waals surface area contributed by atoms with Gasteiger partial charge in [-0.25, -0.2) is 9.78 Å². The maximum atomic E-state index is 13.3. The van der Waals surface area contributed by atoms with Crippen LogP contribution in [-0.2, 0) is 14.3 Å². The Morgan fingerprint density at radius 2 is 1.73 bits per heavy atom. The summed E-state index contributed by atoms with van der Waals surface area (Å²) in [6.07, 6.45) is -2.19. The summed E-state index contributed by atoms with van der Waals surface area (Å²) in [6, 6.07) is 8.79. The Morgan fingerprint density at radius 1 is 1.05 bits per heavy atom. The zero-order valence-corrected chi connectivity index (χ0v) is 22.1. The van der Waals surface area contributed by atoms with Gasteiger partial charge in [0.15, 0.2) is 5.82 Å². The summed E-state index contributed by atoms with van der Waals surface area (Å²) >= 11 is 0. The molecule has 0 bridgehead atoms. The first kappa shape index (κ1) is 30.2. The summed E-state index contributed by atoms with van der Waals surface area (Å²) in [5.74, 6) is -2.29. The Bertz CT molecular complexity index is 1170. The second kappa shape index (κ2) is 14.7. The molecule has 40 heavy (non-hydrogen) atoms. The SMILES string of the molecule is CCOC(=O)N1CCN(C(=O)[C@H](CCC(=O)O)NC(=O)c2cc(OC[C@H](O)CO)nc(-c3ccccc3)n2)CC1. The summed E-state index contributed by atoms with van der Waals surface area (Å²) in [5.41, 5.74) is 0.422. The lowest BCUT2D eigenvalue weighted by Crippen LogP contribution is -2.56. The minimum atomic E-state index is -1.17. The van der Waals surface area contributed by atoms with Gasteiger partial charge >= 0.3 is 12.1 Å². The number of hydrogen-bond acceptors (Lipinski definition) is 10. The average Bonchev–Trinajstić information content (AvgIpc) is 2.97. The highest BCUT2D eigenvalue weighted by Gasteiger charge is 2.31. The van der Waals surface area contributed by atoms with E-state index < -0.39 is 42.6 Å². The van der Waals surface area contributed by atoms with Crippen molar-refractivity contribution >= 4 is 23.9 Å². The molecule has 0 radical (unpaired) electrons. The van der Waals surface area contributed by atoms with Crippen LogP contribution in [0.2, 0.25) is 0 Å². The molecule has 14 nitrogen and oxygen atoms in total. The van der Waals surface area contributed by atoms with Gasteiger partial charge in [-0.1, -0.05) is 30.3 Å². The van der Waals surface area contributed by atoms with Gasteiger partial charge in [-0.05, 0) is 13.3 Å². The fraction of sp³-hybridized carbons (Fsp3) is 0.462. The number of ether oxygens (including phenoxy) is 2. The molecular formula is C26H33N5O9. The number of piperazine rings is 1. The van der Waals surface area contributed by atoms with Gasteiger partial charge < -0.3 is 39.9 Å². The van der Waals surface area contributed by atoms with Crippen LogP contribution >= 0.6 is 0 Å². The molecule has 0 aliphatic carbocycles. The summed E-state index contributed by atoms with van der Waals surface area (Å²) in [4.78, 5) is 61.4. The smallest absolute Gasteiger partial charge is 0.409 e. The number of carbonyl (C=O) groups is 4. The van der Waals surface area contributed by atoms with E-state index in [-0.39, 0.29) is 69.6 Å². The summed E-state index contributed by atoms with van der Waals surface area (Å²) in [7, 11) is 0. The highest BCUT2D eigenvalue weighted by atomic mass is 16.6. The number of rotatable bonds is 12. The first-order chi connectivity index (χ1) is 19.2. The molecule has 0 saturated carbocycles. The molecule has 2 atom stereocenters. The van der Waals surface area contributed by atoms with Crippen LogP contribution in [-0.4, -0.2) is 117 Å². The van der Waals surface area contributed by atoms with Crippen LogP contribution in [0.15, 0.2) is 36.4 Å². The number of carbonyl (C=O) groups excluding carboxylic acids is 3. The minimum Gasteiger partial charge on any atom is -0.481 e. The van der Waals surface area contributed by atoms with Crippen molar-refractivity contribution in [1.82, 2.24) is 25.1 Å². The van der Waals surface area contributed by atoms with Crippen molar-refractivity contribution in [3.8, 4) is 17.3 Å². The Morgan fingerprint density at radius 3 is 2.35 bits per heavy atom. The number of nitrogens with zero attached hydrogens (tertiary/aromatic N) is 4. The predicted octanol–water partition coefficient (Wildman–Crippen LogP) is 0.140. The van der Waals surface area contributed by atoms with Crippen molar-refractivity contribution in [2.24, 2.45) is 0 Å². The van der Waals surface area contributed by atoms with E-state index in [1.807, 2.05) is 0 Å². The number of hydrogen-bond donors (Lipinski definition) is 4. The molecule has 3 rings (SSSR count). The summed E-state index contributed by atoms with van der Waals surface area (Å²) in [5, 5.41) is 30.5. The number of carboxylic acids is 1. The standard InChI is InChI=1S/C26H33N5O9/c1-2-39-26(38)31-12-10-30(11-13-31)25(37)19(8-9-22(34)35)28-24(36)20-14-21(40-16-18(33)15-32)29-23(27-20)17-6-4-3-5-7-17/h3-7,14,18-19,32-33H,2,8-13,15-16H2,1H3,(H,28,36)(H,34,35)/t18-,19+/m1/s1. The van der Waals surface area contributed by atoms with Crippen molar-refractivity contribution < 1.29 is 44.0 Å². The first-order valence-electron chi connectivity index (χ1n) is 12.8. The van der Waals surface area contributed by atoms with E-state index in [4.69, 9.17) is 14.6 Å². The van der Waals surface area contributed by atoms with E-state index in [2.05, 4.69) is 15.3 Å². The number of carboxylic acid groups (broad SMARTS) is 1. The molecule has 4 N–H and O–H groups in total. The van der Waals surface area contributed by atoms with Gasteiger partial charge in [0.2, 0.25) is 11.8 Å². The van der Waals surface area contributed by atoms with Gasteiger partial charge in [-0.2, -0.15) is 4.98 Å². The van der Waals surface area contributed by atoms with Gasteiger partial charge in [-0.3, -0.25) is 14.4 Å². The van der Waals surface area contributed by atoms with Crippen LogP contribution in [0.5, 0.6) is 5.88 Å². The van der Waals surface area contributed by atoms with Crippen molar-refractivity contribution in [2.45, 2.75) is 31.9 Å². The van der Waals surface area contributed by atoms with Crippen LogP contribution < -0.4 is 10.1 Å². The Kier molecular flexibility index (Phi) is 11.1. The third-order valence-electron chi connectivity index (χ3n) is 5.97. The Balaban J connectivity index is 1.80. The predicted molar refractivity (Wildman–Crippen MR) is 139 cm³/mol. The normalized spacial score (nSPS) is 14.7. The van der Waals surface area contributed by atoms with Crippen LogP contribution in [0.3, 0.4) is 0 Å². The zero-order chi connectivity index (χ0) is 29.1. The molecule has 216 valence electrons. The van der Waals surface area contributed by atoms with Gasteiger partial charge in [0.1, 0.15) is 24.4 Å². The van der Waals surface area contributed by atoms with Crippen LogP contribution in [0.1, 0.15) is 30.3 Å². The molecule has 3 amide bonds. The number of nitrogens with one attached hydrogen (secondary N) is 1. The van der Waals surface area contributed by atoms with Crippen molar-refractivity contribution in [3.63, 3.8) is 0 Å². The fourth-order valence-electron chi connectivity index (χ4n) is 3.87. The van der Waals surface area contributed by atoms with E-state index in [0.717, 1.165) is 0 Å². The lowest BCUT2D eigenvalue weighted by molar-refractivity contribution is -0.138. The van der Waals surface area contributed by atoms with E-state index in [1.54, 1.807) is 37.3 Å². The van der Waals surface area contributed by atoms with Gasteiger partial charge in [0, 0.05) is 44.2 Å². The first-order valence-corrected chi connectivity index (χ1v) is 12.8. The lowest BCUT2D eigenvalue weighted by Gasteiger charge is -2.35. The molecule has 0 spiro atoms. The van der Waals surface area contributed by atoms with E-state index in [0.29, 0.717) is 5.56 Å². The van der Waals surface area contributed by atoms with E-state index in [1.165, 1.54) is 15.9 Å². The van der Waals surface area contributed by atoms with E-state index in [9.17, 15) is 29.4 Å². The van der Waals surface area contributed by atoms with Crippen LogP contribution in [0, 0.1) is 0 Å². The van der Waals surface area contributed by atoms with Gasteiger partial charge in [-0.15, -0.1) is 0 Å². The quantitative estimate of drug-likeness (QED) is 0.276. The molecule has 14 heteroatoms. The summed E-state index contributed by atoms with van der Waals surface area (Å²) in [6.45, 7) is 1.94. The highest BCUT2D eigenvalue weighted by Crippen LogP contribution is 2.20. The molecule has 2 heterocycles. The number of aliphatic hydroxyl groups is 2. The molecule has 1 aromatic carbocycles.